The number of nitrogens with one attached hydrogen (secondary N) is 1. The van der Waals surface area contributed by atoms with E-state index in [0.29, 0.717) is 5.76 Å². The van der Waals surface area contributed by atoms with Gasteiger partial charge in [-0.05, 0) is 25.1 Å². The van der Waals surface area contributed by atoms with Crippen molar-refractivity contribution in [2.24, 2.45) is 0 Å². The van der Waals surface area contributed by atoms with Gasteiger partial charge in [0.15, 0.2) is 5.82 Å². The molecule has 0 unspecified atom stereocenters. The summed E-state index contributed by atoms with van der Waals surface area (Å²) in [6, 6.07) is 4.85. The van der Waals surface area contributed by atoms with Crippen molar-refractivity contribution in [2.75, 3.05) is 22.4 Å². The summed E-state index contributed by atoms with van der Waals surface area (Å²) in [6.07, 6.45) is 0.928. The summed E-state index contributed by atoms with van der Waals surface area (Å²) in [5, 5.41) is 5.74. The number of carbonyl (C=O) groups is 1. The van der Waals surface area contributed by atoms with E-state index >= 15 is 0 Å². The van der Waals surface area contributed by atoms with Crippen molar-refractivity contribution in [3.8, 4) is 0 Å². The zero-order valence-corrected chi connectivity index (χ0v) is 13.8. The standard InChI is InChI=1S/C13H13ClFN3O4S/c1-8-5-12(17-22-8)16-13(19)7-18(23(2,20)21)9-3-4-11(15)10(14)6-9/h3-6H,7H2,1-2H3,(H,16,17,19). The fourth-order valence-corrected chi connectivity index (χ4v) is 2.80. The van der Waals surface area contributed by atoms with E-state index in [1.54, 1.807) is 6.92 Å². The molecule has 1 aromatic carbocycles. The number of aryl methyl sites for hydroxylation is 1. The molecule has 1 aromatic heterocycles. The Hall–Kier alpha value is -2.13. The predicted molar refractivity (Wildman–Crippen MR) is 83.5 cm³/mol. The number of amides is 1. The van der Waals surface area contributed by atoms with Crippen LogP contribution >= 0.6 is 11.6 Å². The van der Waals surface area contributed by atoms with Crippen LogP contribution in [0.15, 0.2) is 28.8 Å². The first-order chi connectivity index (χ1) is 10.7. The van der Waals surface area contributed by atoms with Crippen molar-refractivity contribution in [1.29, 1.82) is 0 Å². The maximum absolute atomic E-state index is 13.2. The highest BCUT2D eigenvalue weighted by atomic mass is 35.5. The highest BCUT2D eigenvalue weighted by Crippen LogP contribution is 2.24. The van der Waals surface area contributed by atoms with Gasteiger partial charge in [-0.25, -0.2) is 12.8 Å². The predicted octanol–water partition coefficient (Wildman–Crippen LogP) is 2.18. The molecular weight excluding hydrogens is 349 g/mol. The van der Waals surface area contributed by atoms with Crippen LogP contribution in [0.4, 0.5) is 15.9 Å². The molecule has 10 heteroatoms. The first-order valence-corrected chi connectivity index (χ1v) is 8.55. The second-order valence-corrected chi connectivity index (χ2v) is 7.05. The third-order valence-corrected chi connectivity index (χ3v) is 4.20. The van der Waals surface area contributed by atoms with Crippen LogP contribution in [0.1, 0.15) is 5.76 Å². The Balaban J connectivity index is 2.22. The molecule has 1 amide bonds. The lowest BCUT2D eigenvalue weighted by atomic mass is 10.3. The van der Waals surface area contributed by atoms with Crippen molar-refractivity contribution in [3.05, 3.63) is 40.9 Å². The normalized spacial score (nSPS) is 11.3. The van der Waals surface area contributed by atoms with Gasteiger partial charge in [0.1, 0.15) is 18.1 Å². The molecule has 0 saturated heterocycles. The molecule has 23 heavy (non-hydrogen) atoms. The smallest absolute Gasteiger partial charge is 0.246 e. The van der Waals surface area contributed by atoms with Gasteiger partial charge in [-0.2, -0.15) is 0 Å². The van der Waals surface area contributed by atoms with E-state index in [0.717, 1.165) is 22.7 Å². The van der Waals surface area contributed by atoms with Gasteiger partial charge in [-0.1, -0.05) is 16.8 Å². The summed E-state index contributed by atoms with van der Waals surface area (Å²) in [4.78, 5) is 12.0. The molecule has 0 atom stereocenters. The van der Waals surface area contributed by atoms with E-state index in [1.165, 1.54) is 12.1 Å². The minimum absolute atomic E-state index is 0.0744. The molecule has 7 nitrogen and oxygen atoms in total. The number of nitrogens with zero attached hydrogens (tertiary/aromatic N) is 2. The lowest BCUT2D eigenvalue weighted by Crippen LogP contribution is -2.37. The Morgan fingerprint density at radius 1 is 1.43 bits per heavy atom. The lowest BCUT2D eigenvalue weighted by Gasteiger charge is -2.21. The average molecular weight is 362 g/mol. The zero-order chi connectivity index (χ0) is 17.2. The molecule has 0 saturated carbocycles. The zero-order valence-electron chi connectivity index (χ0n) is 12.2. The van der Waals surface area contributed by atoms with Crippen LogP contribution < -0.4 is 9.62 Å². The van der Waals surface area contributed by atoms with Crippen LogP contribution in [-0.4, -0.2) is 32.3 Å². The summed E-state index contributed by atoms with van der Waals surface area (Å²) >= 11 is 5.66. The molecule has 2 aromatic rings. The molecule has 124 valence electrons. The van der Waals surface area contributed by atoms with Gasteiger partial charge < -0.3 is 9.84 Å². The van der Waals surface area contributed by atoms with E-state index in [2.05, 4.69) is 10.5 Å². The number of hydrogen-bond acceptors (Lipinski definition) is 5. The summed E-state index contributed by atoms with van der Waals surface area (Å²) < 4.78 is 42.6. The van der Waals surface area contributed by atoms with Gasteiger partial charge in [0.05, 0.1) is 17.0 Å². The first kappa shape index (κ1) is 17.2. The van der Waals surface area contributed by atoms with Gasteiger partial charge >= 0.3 is 0 Å². The van der Waals surface area contributed by atoms with E-state index in [1.807, 2.05) is 0 Å². The fourth-order valence-electron chi connectivity index (χ4n) is 1.78. The number of hydrogen-bond donors (Lipinski definition) is 1. The van der Waals surface area contributed by atoms with Gasteiger partial charge in [0.2, 0.25) is 15.9 Å². The van der Waals surface area contributed by atoms with Crippen LogP contribution in [-0.2, 0) is 14.8 Å². The van der Waals surface area contributed by atoms with Gasteiger partial charge in [0.25, 0.3) is 0 Å². The van der Waals surface area contributed by atoms with Crippen LogP contribution in [0.25, 0.3) is 0 Å². The molecule has 2 rings (SSSR count). The number of halogens is 2. The molecule has 1 N–H and O–H groups in total. The number of carbonyl (C=O) groups excluding carboxylic acids is 1. The minimum Gasteiger partial charge on any atom is -0.360 e. The maximum Gasteiger partial charge on any atom is 0.246 e. The third-order valence-electron chi connectivity index (χ3n) is 2.77. The van der Waals surface area contributed by atoms with Crippen molar-refractivity contribution < 1.29 is 22.1 Å². The van der Waals surface area contributed by atoms with Crippen LogP contribution in [0.2, 0.25) is 5.02 Å². The Labute approximate surface area is 137 Å². The number of rotatable bonds is 5. The Morgan fingerprint density at radius 2 is 2.13 bits per heavy atom. The van der Waals surface area contributed by atoms with Crippen LogP contribution in [0.5, 0.6) is 0 Å². The second-order valence-electron chi connectivity index (χ2n) is 4.74. The maximum atomic E-state index is 13.2. The average Bonchev–Trinajstić information content (AvgIpc) is 2.83. The van der Waals surface area contributed by atoms with Gasteiger partial charge in [0, 0.05) is 6.07 Å². The summed E-state index contributed by atoms with van der Waals surface area (Å²) in [7, 11) is -3.78. The molecule has 1 heterocycles. The number of anilines is 2. The van der Waals surface area contributed by atoms with Crippen LogP contribution in [0.3, 0.4) is 0 Å². The summed E-state index contributed by atoms with van der Waals surface area (Å²) in [6.45, 7) is 1.12. The van der Waals surface area contributed by atoms with E-state index in [9.17, 15) is 17.6 Å². The Bertz CT molecular complexity index is 837. The monoisotopic (exact) mass is 361 g/mol. The molecular formula is C13H13ClFN3O4S. The molecule has 0 aliphatic carbocycles. The number of benzene rings is 1. The second kappa shape index (κ2) is 6.55. The van der Waals surface area contributed by atoms with Gasteiger partial charge in [-0.15, -0.1) is 0 Å². The molecule has 0 aliphatic heterocycles. The van der Waals surface area contributed by atoms with E-state index < -0.39 is 28.3 Å². The number of sulfonamides is 1. The van der Waals surface area contributed by atoms with E-state index in [4.69, 9.17) is 16.1 Å². The molecule has 0 aliphatic rings. The quantitative estimate of drug-likeness (QED) is 0.881. The fraction of sp³-hybridized carbons (Fsp3) is 0.231. The van der Waals surface area contributed by atoms with Crippen molar-refractivity contribution in [2.45, 2.75) is 6.92 Å². The molecule has 0 spiro atoms. The molecule has 0 radical (unpaired) electrons. The Morgan fingerprint density at radius 3 is 2.65 bits per heavy atom. The SMILES string of the molecule is Cc1cc(NC(=O)CN(c2ccc(F)c(Cl)c2)S(C)(=O)=O)no1. The van der Waals surface area contributed by atoms with E-state index in [-0.39, 0.29) is 16.5 Å². The summed E-state index contributed by atoms with van der Waals surface area (Å²) in [5.74, 6) is -0.667. The van der Waals surface area contributed by atoms with Crippen LogP contribution in [0, 0.1) is 12.7 Å². The lowest BCUT2D eigenvalue weighted by molar-refractivity contribution is -0.114. The van der Waals surface area contributed by atoms with Crippen molar-refractivity contribution in [1.82, 2.24) is 5.16 Å². The van der Waals surface area contributed by atoms with Crippen molar-refractivity contribution >= 4 is 39.0 Å². The van der Waals surface area contributed by atoms with Gasteiger partial charge in [-0.3, -0.25) is 9.10 Å². The first-order valence-electron chi connectivity index (χ1n) is 6.33. The summed E-state index contributed by atoms with van der Waals surface area (Å²) in [5.41, 5.74) is 0.0744. The highest BCUT2D eigenvalue weighted by Gasteiger charge is 2.22. The largest absolute Gasteiger partial charge is 0.360 e. The highest BCUT2D eigenvalue weighted by molar-refractivity contribution is 7.92. The number of aromatic nitrogens is 1. The molecule has 0 bridgehead atoms. The Kier molecular flexibility index (Phi) is 4.90. The minimum atomic E-state index is -3.78. The van der Waals surface area contributed by atoms with Crippen molar-refractivity contribution in [3.63, 3.8) is 0 Å². The molecule has 0 fully saturated rings. The third kappa shape index (κ3) is 4.42. The topological polar surface area (TPSA) is 92.5 Å².